The van der Waals surface area contributed by atoms with Gasteiger partial charge in [-0.05, 0) is 42.7 Å². The van der Waals surface area contributed by atoms with Crippen LogP contribution in [0.4, 0.5) is 4.39 Å². The number of likely N-dealkylation sites (tertiary alicyclic amines) is 1. The number of nitrogens with one attached hydrogen (secondary N) is 1. The van der Waals surface area contributed by atoms with Crippen LogP contribution in [0.2, 0.25) is 0 Å². The van der Waals surface area contributed by atoms with Crippen LogP contribution in [0.3, 0.4) is 0 Å². The molecule has 1 aliphatic rings. The molecule has 6 heteroatoms. The fourth-order valence-corrected chi connectivity index (χ4v) is 2.97. The van der Waals surface area contributed by atoms with Crippen molar-refractivity contribution in [3.63, 3.8) is 0 Å². The van der Waals surface area contributed by atoms with Crippen LogP contribution in [0, 0.1) is 5.82 Å². The van der Waals surface area contributed by atoms with E-state index >= 15 is 0 Å². The maximum absolute atomic E-state index is 12.9. The predicted molar refractivity (Wildman–Crippen MR) is 91.4 cm³/mol. The van der Waals surface area contributed by atoms with Gasteiger partial charge in [-0.3, -0.25) is 14.6 Å². The lowest BCUT2D eigenvalue weighted by molar-refractivity contribution is -0.121. The van der Waals surface area contributed by atoms with Crippen molar-refractivity contribution in [2.75, 3.05) is 13.1 Å². The van der Waals surface area contributed by atoms with Crippen LogP contribution >= 0.6 is 0 Å². The van der Waals surface area contributed by atoms with Gasteiger partial charge in [-0.25, -0.2) is 4.39 Å². The third-order valence-electron chi connectivity index (χ3n) is 4.33. The minimum atomic E-state index is -0.310. The van der Waals surface area contributed by atoms with Gasteiger partial charge in [0.1, 0.15) is 5.82 Å². The van der Waals surface area contributed by atoms with Crippen molar-refractivity contribution in [1.29, 1.82) is 0 Å². The summed E-state index contributed by atoms with van der Waals surface area (Å²) in [6.07, 6.45) is 4.88. The summed E-state index contributed by atoms with van der Waals surface area (Å²) in [5, 5.41) is 3.00. The molecule has 0 aliphatic carbocycles. The number of aromatic nitrogens is 1. The maximum Gasteiger partial charge on any atom is 0.255 e. The van der Waals surface area contributed by atoms with Gasteiger partial charge < -0.3 is 10.2 Å². The summed E-state index contributed by atoms with van der Waals surface area (Å²) in [6.45, 7) is 1.21. The van der Waals surface area contributed by atoms with Gasteiger partial charge in [0.15, 0.2) is 0 Å². The molecule has 1 aliphatic heterocycles. The van der Waals surface area contributed by atoms with Crippen LogP contribution in [-0.2, 0) is 11.2 Å². The van der Waals surface area contributed by atoms with Gasteiger partial charge in [0.2, 0.25) is 5.91 Å². The Kier molecular flexibility index (Phi) is 5.38. The molecule has 3 rings (SSSR count). The Labute approximate surface area is 145 Å². The number of carbonyl (C=O) groups excluding carboxylic acids is 2. The molecule has 2 heterocycles. The monoisotopic (exact) mass is 341 g/mol. The van der Waals surface area contributed by atoms with Crippen molar-refractivity contribution in [2.24, 2.45) is 0 Å². The number of carbonyl (C=O) groups is 2. The fraction of sp³-hybridized carbons (Fsp3) is 0.316. The molecule has 0 spiro atoms. The second kappa shape index (κ2) is 7.88. The molecule has 0 saturated carbocycles. The predicted octanol–water partition coefficient (Wildman–Crippen LogP) is 2.18. The Hall–Kier alpha value is -2.76. The molecule has 1 fully saturated rings. The number of piperidine rings is 1. The summed E-state index contributed by atoms with van der Waals surface area (Å²) in [5.41, 5.74) is 1.37. The molecule has 1 aromatic heterocycles. The molecule has 2 amide bonds. The SMILES string of the molecule is O=C(Cc1ccc(F)cc1)NC1CCN(C(=O)c2cccnc2)CC1. The minimum Gasteiger partial charge on any atom is -0.353 e. The van der Waals surface area contributed by atoms with Gasteiger partial charge in [-0.2, -0.15) is 0 Å². The van der Waals surface area contributed by atoms with Crippen LogP contribution in [0.5, 0.6) is 0 Å². The summed E-state index contributed by atoms with van der Waals surface area (Å²) >= 11 is 0. The van der Waals surface area contributed by atoms with E-state index in [1.165, 1.54) is 12.1 Å². The normalized spacial score (nSPS) is 15.0. The summed E-state index contributed by atoms with van der Waals surface area (Å²) in [4.78, 5) is 30.2. The van der Waals surface area contributed by atoms with Crippen molar-refractivity contribution in [1.82, 2.24) is 15.2 Å². The lowest BCUT2D eigenvalue weighted by Crippen LogP contribution is -2.46. The van der Waals surface area contributed by atoms with Crippen LogP contribution < -0.4 is 5.32 Å². The Morgan fingerprint density at radius 1 is 1.16 bits per heavy atom. The standard InChI is InChI=1S/C19H20FN3O2/c20-16-5-3-14(4-6-16)12-18(24)22-17-7-10-23(11-8-17)19(25)15-2-1-9-21-13-15/h1-6,9,13,17H,7-8,10-12H2,(H,22,24). The van der Waals surface area contributed by atoms with Crippen molar-refractivity contribution < 1.29 is 14.0 Å². The summed E-state index contributed by atoms with van der Waals surface area (Å²) in [5.74, 6) is -0.414. The van der Waals surface area contributed by atoms with Gasteiger partial charge in [0.05, 0.1) is 12.0 Å². The number of hydrogen-bond donors (Lipinski definition) is 1. The number of amides is 2. The highest BCUT2D eigenvalue weighted by atomic mass is 19.1. The van der Waals surface area contributed by atoms with Gasteiger partial charge >= 0.3 is 0 Å². The highest BCUT2D eigenvalue weighted by Gasteiger charge is 2.24. The van der Waals surface area contributed by atoms with Gasteiger partial charge in [0.25, 0.3) is 5.91 Å². The zero-order valence-corrected chi connectivity index (χ0v) is 13.8. The Morgan fingerprint density at radius 2 is 1.88 bits per heavy atom. The highest BCUT2D eigenvalue weighted by Crippen LogP contribution is 2.14. The second-order valence-electron chi connectivity index (χ2n) is 6.18. The molecule has 0 atom stereocenters. The van der Waals surface area contributed by atoms with Crippen molar-refractivity contribution in [2.45, 2.75) is 25.3 Å². The van der Waals surface area contributed by atoms with E-state index in [1.54, 1.807) is 41.6 Å². The first-order chi connectivity index (χ1) is 12.1. The molecule has 5 nitrogen and oxygen atoms in total. The van der Waals surface area contributed by atoms with Crippen LogP contribution in [0.15, 0.2) is 48.8 Å². The van der Waals surface area contributed by atoms with Crippen LogP contribution in [-0.4, -0.2) is 40.8 Å². The molecule has 25 heavy (non-hydrogen) atoms. The highest BCUT2D eigenvalue weighted by molar-refractivity contribution is 5.93. The molecule has 1 saturated heterocycles. The maximum atomic E-state index is 12.9. The van der Waals surface area contributed by atoms with E-state index in [2.05, 4.69) is 10.3 Å². The zero-order valence-electron chi connectivity index (χ0n) is 13.8. The zero-order chi connectivity index (χ0) is 17.6. The third kappa shape index (κ3) is 4.62. The first-order valence-corrected chi connectivity index (χ1v) is 8.35. The lowest BCUT2D eigenvalue weighted by atomic mass is 10.0. The topological polar surface area (TPSA) is 62.3 Å². The average molecular weight is 341 g/mol. The molecule has 1 N–H and O–H groups in total. The van der Waals surface area contributed by atoms with Gasteiger partial charge in [-0.15, -0.1) is 0 Å². The number of pyridine rings is 1. The van der Waals surface area contributed by atoms with E-state index in [-0.39, 0.29) is 30.1 Å². The lowest BCUT2D eigenvalue weighted by Gasteiger charge is -2.32. The number of benzene rings is 1. The summed E-state index contributed by atoms with van der Waals surface area (Å²) < 4.78 is 12.9. The largest absolute Gasteiger partial charge is 0.353 e. The van der Waals surface area contributed by atoms with Crippen molar-refractivity contribution >= 4 is 11.8 Å². The Bertz CT molecular complexity index is 726. The molecule has 1 aromatic carbocycles. The third-order valence-corrected chi connectivity index (χ3v) is 4.33. The van der Waals surface area contributed by atoms with Crippen molar-refractivity contribution in [3.8, 4) is 0 Å². The molecule has 130 valence electrons. The van der Waals surface area contributed by atoms with Gasteiger partial charge in [-0.1, -0.05) is 12.1 Å². The molecule has 0 unspecified atom stereocenters. The smallest absolute Gasteiger partial charge is 0.255 e. The molecule has 2 aromatic rings. The first-order valence-electron chi connectivity index (χ1n) is 8.35. The fourth-order valence-electron chi connectivity index (χ4n) is 2.97. The van der Waals surface area contributed by atoms with Crippen LogP contribution in [0.25, 0.3) is 0 Å². The number of nitrogens with zero attached hydrogens (tertiary/aromatic N) is 2. The van der Waals surface area contributed by atoms with E-state index in [0.717, 1.165) is 18.4 Å². The minimum absolute atomic E-state index is 0.0239. The average Bonchev–Trinajstić information content (AvgIpc) is 2.64. The van der Waals surface area contributed by atoms with E-state index in [0.29, 0.717) is 18.7 Å². The quantitative estimate of drug-likeness (QED) is 0.927. The van der Waals surface area contributed by atoms with E-state index in [1.807, 2.05) is 0 Å². The van der Waals surface area contributed by atoms with Gasteiger partial charge in [0, 0.05) is 31.5 Å². The number of halogens is 1. The number of rotatable bonds is 4. The summed E-state index contributed by atoms with van der Waals surface area (Å²) in [7, 11) is 0. The Balaban J connectivity index is 1.46. The van der Waals surface area contributed by atoms with E-state index in [9.17, 15) is 14.0 Å². The van der Waals surface area contributed by atoms with Crippen molar-refractivity contribution in [3.05, 3.63) is 65.7 Å². The van der Waals surface area contributed by atoms with E-state index < -0.39 is 0 Å². The number of hydrogen-bond acceptors (Lipinski definition) is 3. The molecular weight excluding hydrogens is 321 g/mol. The first kappa shape index (κ1) is 17.1. The molecular formula is C19H20FN3O2. The summed E-state index contributed by atoms with van der Waals surface area (Å²) in [6, 6.07) is 9.50. The molecule has 0 bridgehead atoms. The molecule has 0 radical (unpaired) electrons. The van der Waals surface area contributed by atoms with Crippen LogP contribution in [0.1, 0.15) is 28.8 Å². The Morgan fingerprint density at radius 3 is 2.52 bits per heavy atom. The van der Waals surface area contributed by atoms with E-state index in [4.69, 9.17) is 0 Å². The second-order valence-corrected chi connectivity index (χ2v) is 6.18.